The van der Waals surface area contributed by atoms with Gasteiger partial charge in [-0.1, -0.05) is 39.0 Å². The molecule has 3 atom stereocenters. The van der Waals surface area contributed by atoms with E-state index in [4.69, 9.17) is 28.8 Å². The second kappa shape index (κ2) is 39.2. The third kappa shape index (κ3) is 32.5. The van der Waals surface area contributed by atoms with Gasteiger partial charge in [0.25, 0.3) is 0 Å². The van der Waals surface area contributed by atoms with Gasteiger partial charge in [-0.25, -0.2) is 9.59 Å². The minimum Gasteiger partial charge on any atom is -0.494 e. The van der Waals surface area contributed by atoms with Crippen LogP contribution in [0.5, 0.6) is 5.75 Å². The molecule has 1 aromatic rings. The molecular formula is C48H78N4O15. The van der Waals surface area contributed by atoms with Crippen molar-refractivity contribution in [2.75, 3.05) is 79.6 Å². The number of benzene rings is 1. The van der Waals surface area contributed by atoms with Crippen LogP contribution in [0.4, 0.5) is 0 Å². The van der Waals surface area contributed by atoms with Crippen LogP contribution >= 0.6 is 0 Å². The molecule has 1 aromatic carbocycles. The van der Waals surface area contributed by atoms with Gasteiger partial charge in [-0.3, -0.25) is 28.8 Å². The molecule has 0 spiro atoms. The highest BCUT2D eigenvalue weighted by Crippen LogP contribution is 2.18. The minimum atomic E-state index is -1.19. The van der Waals surface area contributed by atoms with Crippen LogP contribution < -0.4 is 26.0 Å². The van der Waals surface area contributed by atoms with E-state index in [9.17, 15) is 43.5 Å². The number of hydrogen-bond donors (Lipinski definition) is 6. The fraction of sp³-hybridized carbons (Fsp3) is 0.708. The van der Waals surface area contributed by atoms with Crippen LogP contribution in [0, 0.1) is 5.92 Å². The molecule has 0 aliphatic rings. The number of hydrogen-bond acceptors (Lipinski definition) is 14. The molecule has 3 amide bonds. The maximum Gasteiger partial charge on any atom is 0.335 e. The number of amides is 3. The Hall–Kier alpha value is -4.82. The predicted molar refractivity (Wildman–Crippen MR) is 249 cm³/mol. The summed E-state index contributed by atoms with van der Waals surface area (Å²) in [5, 5.41) is 29.5. The highest BCUT2D eigenvalue weighted by Gasteiger charge is 2.22. The molecule has 19 heteroatoms. The van der Waals surface area contributed by atoms with Crippen LogP contribution in [0.1, 0.15) is 133 Å². The number of carboxylic acid groups (broad SMARTS) is 2. The van der Waals surface area contributed by atoms with Gasteiger partial charge in [0.15, 0.2) is 0 Å². The maximum atomic E-state index is 12.4. The van der Waals surface area contributed by atoms with Crippen LogP contribution in [0.25, 0.3) is 0 Å². The number of likely N-dealkylation sites (N-methyl/N-ethyl adjacent to an activating group) is 1. The van der Waals surface area contributed by atoms with Crippen molar-refractivity contribution < 1.29 is 72.3 Å². The third-order valence-electron chi connectivity index (χ3n) is 10.7. The van der Waals surface area contributed by atoms with E-state index in [-0.39, 0.29) is 138 Å². The van der Waals surface area contributed by atoms with E-state index < -0.39 is 18.0 Å². The summed E-state index contributed by atoms with van der Waals surface area (Å²) in [6.45, 7) is 5.92. The molecule has 380 valence electrons. The number of unbranched alkanes of at least 4 members (excludes halogenated alkanes) is 5. The molecule has 0 radical (unpaired) electrons. The molecule has 0 saturated carbocycles. The van der Waals surface area contributed by atoms with Gasteiger partial charge < -0.3 is 55.2 Å². The lowest BCUT2D eigenvalue weighted by Gasteiger charge is -2.17. The van der Waals surface area contributed by atoms with E-state index in [0.717, 1.165) is 44.9 Å². The number of ether oxygens (including phenoxy) is 5. The first kappa shape index (κ1) is 60.2. The number of carbonyl (C=O) groups excluding carboxylic acids is 6. The minimum absolute atomic E-state index is 0.00448. The molecule has 0 aliphatic heterocycles. The Balaban J connectivity index is 1.97. The zero-order valence-electron chi connectivity index (χ0n) is 40.0. The monoisotopic (exact) mass is 951 g/mol. The normalized spacial score (nSPS) is 12.4. The average Bonchev–Trinajstić information content (AvgIpc) is 3.30. The van der Waals surface area contributed by atoms with Gasteiger partial charge in [0.2, 0.25) is 17.7 Å². The van der Waals surface area contributed by atoms with Crippen LogP contribution in [0.3, 0.4) is 0 Å². The summed E-state index contributed by atoms with van der Waals surface area (Å²) >= 11 is 0. The summed E-state index contributed by atoms with van der Waals surface area (Å²) in [5.74, 6) is -2.60. The highest BCUT2D eigenvalue weighted by molar-refractivity contribution is 5.88. The summed E-state index contributed by atoms with van der Waals surface area (Å²) < 4.78 is 27.1. The van der Waals surface area contributed by atoms with E-state index in [2.05, 4.69) is 21.3 Å². The largest absolute Gasteiger partial charge is 0.494 e. The van der Waals surface area contributed by atoms with Gasteiger partial charge in [0.05, 0.1) is 51.2 Å². The number of aromatic carboxylic acids is 1. The van der Waals surface area contributed by atoms with Crippen molar-refractivity contribution in [1.82, 2.24) is 21.3 Å². The molecule has 6 N–H and O–H groups in total. The van der Waals surface area contributed by atoms with Crippen molar-refractivity contribution in [3.05, 3.63) is 29.8 Å². The number of aliphatic carboxylic acids is 1. The summed E-state index contributed by atoms with van der Waals surface area (Å²) in [7, 11) is 1.78. The van der Waals surface area contributed by atoms with E-state index in [1.807, 2.05) is 6.92 Å². The van der Waals surface area contributed by atoms with Crippen molar-refractivity contribution >= 4 is 47.0 Å². The van der Waals surface area contributed by atoms with Crippen molar-refractivity contribution in [1.29, 1.82) is 0 Å². The van der Waals surface area contributed by atoms with Gasteiger partial charge >= 0.3 is 11.9 Å². The van der Waals surface area contributed by atoms with Crippen LogP contribution in [-0.2, 0) is 52.5 Å². The fourth-order valence-electron chi connectivity index (χ4n) is 6.80. The van der Waals surface area contributed by atoms with Gasteiger partial charge in [-0.05, 0) is 89.6 Å². The summed E-state index contributed by atoms with van der Waals surface area (Å²) in [6.07, 6.45) is 9.56. The molecule has 0 saturated heterocycles. The van der Waals surface area contributed by atoms with Crippen LogP contribution in [-0.4, -0.2) is 149 Å². The fourth-order valence-corrected chi connectivity index (χ4v) is 6.80. The Kier molecular flexibility index (Phi) is 35.2. The van der Waals surface area contributed by atoms with Crippen molar-refractivity contribution in [3.63, 3.8) is 0 Å². The number of carboxylic acids is 2. The smallest absolute Gasteiger partial charge is 0.335 e. The molecule has 1 rings (SSSR count). The molecule has 0 bridgehead atoms. The van der Waals surface area contributed by atoms with Gasteiger partial charge in [0.1, 0.15) is 42.4 Å². The Morgan fingerprint density at radius 1 is 0.567 bits per heavy atom. The SMILES string of the molecule is CCC[C@H](NC)C(=O)CC[C@@H](CCCCNC(=O)COCCOCCNC(=O)COCCOCCCC(=O)CC[C@H](NC(=O)CCCCCCCOc1ccc(C(=O)O)cc1)C(=O)O)C(C)=O. The van der Waals surface area contributed by atoms with Crippen molar-refractivity contribution in [2.45, 2.75) is 135 Å². The van der Waals surface area contributed by atoms with Gasteiger partial charge in [-0.2, -0.15) is 0 Å². The third-order valence-corrected chi connectivity index (χ3v) is 10.7. The van der Waals surface area contributed by atoms with Crippen LogP contribution in [0.15, 0.2) is 24.3 Å². The lowest BCUT2D eigenvalue weighted by atomic mass is 9.90. The first-order chi connectivity index (χ1) is 32.3. The van der Waals surface area contributed by atoms with Crippen molar-refractivity contribution in [2.24, 2.45) is 5.92 Å². The molecule has 0 aromatic heterocycles. The molecular weight excluding hydrogens is 873 g/mol. The zero-order chi connectivity index (χ0) is 49.5. The summed E-state index contributed by atoms with van der Waals surface area (Å²) in [4.78, 5) is 95.8. The molecule has 67 heavy (non-hydrogen) atoms. The standard InChI is InChI=1S/C48H78N4O15/c1-4-13-41(49-3)43(55)24-19-37(36(2)53)14-9-10-25-50-45(57)34-66-33-31-64-29-26-51-46(58)35-65-32-30-63-27-12-15-39(54)20-23-42(48(61)62)52-44(56)16-8-6-5-7-11-28-67-40-21-17-38(18-22-40)47(59)60/h17-18,21-22,37,41-42,49H,4-16,19-20,23-35H2,1-3H3,(H,50,57)(H,51,58)(H,52,56)(H,59,60)(H,61,62)/t37-,41+,42+/m1/s1. The second-order valence-corrected chi connectivity index (χ2v) is 16.3. The Morgan fingerprint density at radius 2 is 1.19 bits per heavy atom. The van der Waals surface area contributed by atoms with Crippen LogP contribution in [0.2, 0.25) is 0 Å². The van der Waals surface area contributed by atoms with E-state index >= 15 is 0 Å². The maximum absolute atomic E-state index is 12.4. The number of nitrogens with one attached hydrogen (secondary N) is 4. The van der Waals surface area contributed by atoms with Gasteiger partial charge in [-0.15, -0.1) is 0 Å². The first-order valence-corrected chi connectivity index (χ1v) is 23.8. The second-order valence-electron chi connectivity index (χ2n) is 16.3. The number of Topliss-reactive ketones (excluding diaryl/α,β-unsaturated/α-hetero) is 3. The predicted octanol–water partition coefficient (Wildman–Crippen LogP) is 4.21. The molecule has 0 heterocycles. The number of carbonyl (C=O) groups is 8. The summed E-state index contributed by atoms with van der Waals surface area (Å²) in [6, 6.07) is 4.89. The molecule has 0 aliphatic carbocycles. The molecule has 0 unspecified atom stereocenters. The summed E-state index contributed by atoms with van der Waals surface area (Å²) in [5.41, 5.74) is 0.194. The van der Waals surface area contributed by atoms with E-state index in [1.54, 1.807) is 26.1 Å². The average molecular weight is 951 g/mol. The van der Waals surface area contributed by atoms with E-state index in [1.165, 1.54) is 12.1 Å². The Bertz CT molecular complexity index is 1590. The lowest BCUT2D eigenvalue weighted by molar-refractivity contribution is -0.142. The first-order valence-electron chi connectivity index (χ1n) is 23.8. The number of rotatable bonds is 45. The quantitative estimate of drug-likeness (QED) is 0.0500. The Morgan fingerprint density at radius 3 is 1.82 bits per heavy atom. The topological polar surface area (TPSA) is 271 Å². The zero-order valence-corrected chi connectivity index (χ0v) is 40.0. The lowest BCUT2D eigenvalue weighted by Crippen LogP contribution is -2.41. The number of ketones is 3. The van der Waals surface area contributed by atoms with Crippen molar-refractivity contribution in [3.8, 4) is 5.75 Å². The molecule has 0 fully saturated rings. The van der Waals surface area contributed by atoms with Gasteiger partial charge in [0, 0.05) is 51.3 Å². The van der Waals surface area contributed by atoms with E-state index in [0.29, 0.717) is 57.4 Å². The highest BCUT2D eigenvalue weighted by atomic mass is 16.5. The molecule has 19 nitrogen and oxygen atoms in total. The Labute approximate surface area is 395 Å².